The number of nitrogens with one attached hydrogen (secondary N) is 1. The number of benzene rings is 2. The molecule has 140 valence electrons. The third-order valence-corrected chi connectivity index (χ3v) is 4.49. The molecule has 0 aliphatic heterocycles. The predicted octanol–water partition coefficient (Wildman–Crippen LogP) is 2.91. The van der Waals surface area contributed by atoms with E-state index >= 15 is 0 Å². The molecule has 4 aromatic rings. The number of aromatic nitrogens is 4. The van der Waals surface area contributed by atoms with Crippen molar-refractivity contribution >= 4 is 22.5 Å². The topological polar surface area (TPSA) is 81.8 Å². The van der Waals surface area contributed by atoms with Gasteiger partial charge >= 0.3 is 0 Å². The first kappa shape index (κ1) is 17.7. The molecule has 0 saturated carbocycles. The van der Waals surface area contributed by atoms with Gasteiger partial charge < -0.3 is 9.88 Å². The monoisotopic (exact) mass is 373 g/mol. The van der Waals surface area contributed by atoms with E-state index in [-0.39, 0.29) is 11.1 Å². The average molecular weight is 373 g/mol. The molecule has 0 radical (unpaired) electrons. The first-order valence-corrected chi connectivity index (χ1v) is 9.01. The van der Waals surface area contributed by atoms with E-state index in [0.29, 0.717) is 29.7 Å². The van der Waals surface area contributed by atoms with Gasteiger partial charge in [0.05, 0.1) is 11.8 Å². The maximum absolute atomic E-state index is 12.8. The minimum Gasteiger partial charge on any atom is -0.333 e. The van der Waals surface area contributed by atoms with Gasteiger partial charge in [-0.05, 0) is 36.8 Å². The third kappa shape index (κ3) is 3.42. The Bertz CT molecular complexity index is 1200. The Balaban J connectivity index is 1.64. The van der Waals surface area contributed by atoms with E-state index in [9.17, 15) is 9.59 Å². The molecule has 0 aliphatic carbocycles. The highest BCUT2D eigenvalue weighted by Crippen LogP contribution is 2.14. The van der Waals surface area contributed by atoms with Crippen molar-refractivity contribution in [3.8, 4) is 0 Å². The number of amides is 1. The molecule has 2 heterocycles. The van der Waals surface area contributed by atoms with Gasteiger partial charge in [0.1, 0.15) is 0 Å². The summed E-state index contributed by atoms with van der Waals surface area (Å²) in [7, 11) is 0. The van der Waals surface area contributed by atoms with Crippen LogP contribution in [0.5, 0.6) is 0 Å². The van der Waals surface area contributed by atoms with Crippen molar-refractivity contribution < 1.29 is 4.79 Å². The highest BCUT2D eigenvalue weighted by Gasteiger charge is 2.17. The fourth-order valence-corrected chi connectivity index (χ4v) is 3.16. The van der Waals surface area contributed by atoms with Crippen LogP contribution in [0.3, 0.4) is 0 Å². The zero-order valence-corrected chi connectivity index (χ0v) is 15.4. The van der Waals surface area contributed by atoms with Gasteiger partial charge in [0.15, 0.2) is 5.69 Å². The summed E-state index contributed by atoms with van der Waals surface area (Å²) in [5.41, 5.74) is 1.86. The summed E-state index contributed by atoms with van der Waals surface area (Å²) in [5.74, 6) is -0.516. The van der Waals surface area contributed by atoms with Gasteiger partial charge in [-0.3, -0.25) is 14.3 Å². The van der Waals surface area contributed by atoms with Crippen molar-refractivity contribution in [1.29, 1.82) is 0 Å². The Morgan fingerprint density at radius 3 is 2.79 bits per heavy atom. The summed E-state index contributed by atoms with van der Waals surface area (Å²) in [6.07, 6.45) is 5.32. The van der Waals surface area contributed by atoms with Crippen LogP contribution in [0.1, 0.15) is 23.0 Å². The minimum absolute atomic E-state index is 0.111. The van der Waals surface area contributed by atoms with Crippen molar-refractivity contribution in [2.24, 2.45) is 0 Å². The van der Waals surface area contributed by atoms with Gasteiger partial charge in [-0.1, -0.05) is 24.3 Å². The quantitative estimate of drug-likeness (QED) is 0.583. The molecule has 0 aliphatic rings. The van der Waals surface area contributed by atoms with Crippen molar-refractivity contribution in [3.05, 3.63) is 88.7 Å². The van der Waals surface area contributed by atoms with Gasteiger partial charge in [-0.2, -0.15) is 5.10 Å². The lowest BCUT2D eigenvalue weighted by molar-refractivity contribution is 0.101. The Kier molecular flexibility index (Phi) is 4.72. The van der Waals surface area contributed by atoms with Crippen LogP contribution in [-0.4, -0.2) is 25.2 Å². The summed E-state index contributed by atoms with van der Waals surface area (Å²) in [6.45, 7) is 3.12. The Labute approximate surface area is 161 Å². The lowest BCUT2D eigenvalue weighted by Crippen LogP contribution is -2.27. The first-order chi connectivity index (χ1) is 13.7. The van der Waals surface area contributed by atoms with Crippen LogP contribution in [0, 0.1) is 0 Å². The van der Waals surface area contributed by atoms with E-state index < -0.39 is 5.91 Å². The number of para-hydroxylation sites is 1. The van der Waals surface area contributed by atoms with Crippen LogP contribution in [0.4, 0.5) is 5.69 Å². The molecule has 0 saturated heterocycles. The summed E-state index contributed by atoms with van der Waals surface area (Å²) in [4.78, 5) is 29.6. The number of fused-ring (bicyclic) bond motifs is 1. The second-order valence-electron chi connectivity index (χ2n) is 6.40. The number of carbonyl (C=O) groups excluding carboxylic acids is 1. The number of carbonyl (C=O) groups is 1. The zero-order valence-electron chi connectivity index (χ0n) is 15.4. The molecule has 28 heavy (non-hydrogen) atoms. The second kappa shape index (κ2) is 7.48. The Morgan fingerprint density at radius 1 is 1.14 bits per heavy atom. The van der Waals surface area contributed by atoms with Crippen molar-refractivity contribution in [3.63, 3.8) is 0 Å². The summed E-state index contributed by atoms with van der Waals surface area (Å²) < 4.78 is 3.60. The number of aryl methyl sites for hydroxylation is 1. The molecule has 4 rings (SSSR count). The van der Waals surface area contributed by atoms with E-state index in [1.807, 2.05) is 48.0 Å². The average Bonchev–Trinajstić information content (AvgIpc) is 3.22. The molecular formula is C21H19N5O2. The van der Waals surface area contributed by atoms with Gasteiger partial charge in [0.25, 0.3) is 5.91 Å². The molecule has 2 aromatic heterocycles. The summed E-state index contributed by atoms with van der Waals surface area (Å²) in [5, 5.41) is 7.56. The maximum Gasteiger partial charge on any atom is 0.280 e. The minimum atomic E-state index is -0.516. The highest BCUT2D eigenvalue weighted by atomic mass is 16.2. The van der Waals surface area contributed by atoms with Crippen molar-refractivity contribution in [2.45, 2.75) is 20.0 Å². The third-order valence-electron chi connectivity index (χ3n) is 4.49. The smallest absolute Gasteiger partial charge is 0.280 e. The van der Waals surface area contributed by atoms with Crippen molar-refractivity contribution in [2.75, 3.05) is 5.32 Å². The number of rotatable bonds is 5. The van der Waals surface area contributed by atoms with E-state index in [2.05, 4.69) is 15.4 Å². The SMILES string of the molecule is CCn1nc(C(=O)Nc2cccc(Cn3ccnc3)c2)c(=O)c2ccccc21. The van der Waals surface area contributed by atoms with Gasteiger partial charge in [-0.15, -0.1) is 0 Å². The number of imidazole rings is 1. The summed E-state index contributed by atoms with van der Waals surface area (Å²) >= 11 is 0. The largest absolute Gasteiger partial charge is 0.333 e. The molecule has 0 fully saturated rings. The normalized spacial score (nSPS) is 10.9. The lowest BCUT2D eigenvalue weighted by Gasteiger charge is -2.11. The number of anilines is 1. The Morgan fingerprint density at radius 2 is 2.00 bits per heavy atom. The second-order valence-corrected chi connectivity index (χ2v) is 6.40. The maximum atomic E-state index is 12.8. The van der Waals surface area contributed by atoms with E-state index in [1.54, 1.807) is 35.4 Å². The molecule has 0 bridgehead atoms. The molecule has 7 nitrogen and oxygen atoms in total. The standard InChI is InChI=1S/C21H19N5O2/c1-2-26-18-9-4-3-8-17(18)20(27)19(24-26)21(28)23-16-7-5-6-15(12-16)13-25-11-10-22-14-25/h3-12,14H,2,13H2,1H3,(H,23,28). The van der Waals surface area contributed by atoms with Crippen LogP contribution >= 0.6 is 0 Å². The number of nitrogens with zero attached hydrogens (tertiary/aromatic N) is 4. The fraction of sp³-hybridized carbons (Fsp3) is 0.143. The molecule has 7 heteroatoms. The predicted molar refractivity (Wildman–Crippen MR) is 107 cm³/mol. The van der Waals surface area contributed by atoms with Gasteiger partial charge in [0, 0.05) is 36.6 Å². The van der Waals surface area contributed by atoms with Crippen LogP contribution in [-0.2, 0) is 13.1 Å². The van der Waals surface area contributed by atoms with Crippen LogP contribution in [0.15, 0.2) is 72.0 Å². The van der Waals surface area contributed by atoms with E-state index in [0.717, 1.165) is 5.56 Å². The molecule has 2 aromatic carbocycles. The van der Waals surface area contributed by atoms with Crippen LogP contribution < -0.4 is 10.7 Å². The molecule has 1 amide bonds. The fourth-order valence-electron chi connectivity index (χ4n) is 3.16. The van der Waals surface area contributed by atoms with Gasteiger partial charge in [-0.25, -0.2) is 4.98 Å². The van der Waals surface area contributed by atoms with Crippen LogP contribution in [0.2, 0.25) is 0 Å². The van der Waals surface area contributed by atoms with Gasteiger partial charge in [0.2, 0.25) is 5.43 Å². The lowest BCUT2D eigenvalue weighted by atomic mass is 10.1. The van der Waals surface area contributed by atoms with Crippen LogP contribution in [0.25, 0.3) is 10.9 Å². The van der Waals surface area contributed by atoms with Crippen molar-refractivity contribution in [1.82, 2.24) is 19.3 Å². The van der Waals surface area contributed by atoms with E-state index in [4.69, 9.17) is 0 Å². The number of hydrogen-bond donors (Lipinski definition) is 1. The number of hydrogen-bond acceptors (Lipinski definition) is 4. The molecule has 1 N–H and O–H groups in total. The summed E-state index contributed by atoms with van der Waals surface area (Å²) in [6, 6.07) is 14.7. The molecule has 0 spiro atoms. The highest BCUT2D eigenvalue weighted by molar-refractivity contribution is 6.04. The Hall–Kier alpha value is -3.74. The van der Waals surface area contributed by atoms with E-state index in [1.165, 1.54) is 0 Å². The first-order valence-electron chi connectivity index (χ1n) is 9.01. The molecular weight excluding hydrogens is 354 g/mol. The zero-order chi connectivity index (χ0) is 19.5. The molecule has 0 atom stereocenters. The molecule has 0 unspecified atom stereocenters.